The van der Waals surface area contributed by atoms with E-state index >= 15 is 0 Å². The van der Waals surface area contributed by atoms with Crippen molar-refractivity contribution in [2.45, 2.75) is 19.8 Å². The predicted molar refractivity (Wildman–Crippen MR) is 76.5 cm³/mol. The Morgan fingerprint density at radius 2 is 1.89 bits per heavy atom. The SMILES string of the molecule is CCCC(=O)OC.CNC(=O)C=Cc1ccccc1. The molecule has 0 aliphatic heterocycles. The van der Waals surface area contributed by atoms with Gasteiger partial charge in [-0.05, 0) is 18.1 Å². The third-order valence-electron chi connectivity index (χ3n) is 2.15. The third-order valence-corrected chi connectivity index (χ3v) is 2.15. The van der Waals surface area contributed by atoms with Gasteiger partial charge in [-0.1, -0.05) is 37.3 Å². The number of carbonyl (C=O) groups excluding carboxylic acids is 2. The second-order valence-electron chi connectivity index (χ2n) is 3.68. The lowest BCUT2D eigenvalue weighted by Gasteiger charge is -1.91. The third kappa shape index (κ3) is 9.59. The fourth-order valence-corrected chi connectivity index (χ4v) is 1.13. The molecule has 0 unspecified atom stereocenters. The first-order valence-corrected chi connectivity index (χ1v) is 6.15. The van der Waals surface area contributed by atoms with Crippen molar-refractivity contribution in [1.82, 2.24) is 5.32 Å². The van der Waals surface area contributed by atoms with Gasteiger partial charge in [0.15, 0.2) is 0 Å². The minimum atomic E-state index is -0.123. The number of rotatable bonds is 4. The highest BCUT2D eigenvalue weighted by molar-refractivity contribution is 5.91. The molecule has 4 heteroatoms. The first kappa shape index (κ1) is 16.9. The number of amides is 1. The van der Waals surface area contributed by atoms with Crippen molar-refractivity contribution in [2.24, 2.45) is 0 Å². The fraction of sp³-hybridized carbons (Fsp3) is 0.333. The number of carbonyl (C=O) groups is 2. The second kappa shape index (κ2) is 11.0. The second-order valence-corrected chi connectivity index (χ2v) is 3.68. The van der Waals surface area contributed by atoms with Crippen LogP contribution < -0.4 is 5.32 Å². The molecule has 0 aliphatic carbocycles. The number of likely N-dealkylation sites (N-methyl/N-ethyl adjacent to an activating group) is 1. The molecule has 0 aliphatic rings. The highest BCUT2D eigenvalue weighted by atomic mass is 16.5. The number of methoxy groups -OCH3 is 1. The lowest BCUT2D eigenvalue weighted by molar-refractivity contribution is -0.140. The summed E-state index contributed by atoms with van der Waals surface area (Å²) in [6.07, 6.45) is 4.69. The summed E-state index contributed by atoms with van der Waals surface area (Å²) in [5.74, 6) is -0.207. The molecule has 0 fully saturated rings. The van der Waals surface area contributed by atoms with E-state index in [1.54, 1.807) is 13.1 Å². The van der Waals surface area contributed by atoms with Gasteiger partial charge in [0.1, 0.15) is 0 Å². The van der Waals surface area contributed by atoms with Gasteiger partial charge < -0.3 is 10.1 Å². The maximum absolute atomic E-state index is 10.8. The summed E-state index contributed by atoms with van der Waals surface area (Å²) in [6.45, 7) is 1.94. The van der Waals surface area contributed by atoms with Gasteiger partial charge in [0.05, 0.1) is 7.11 Å². The van der Waals surface area contributed by atoms with Gasteiger partial charge >= 0.3 is 5.97 Å². The smallest absolute Gasteiger partial charge is 0.305 e. The Morgan fingerprint density at radius 3 is 2.32 bits per heavy atom. The standard InChI is InChI=1S/C10H11NO.C5H10O2/c1-11-10(12)8-7-9-5-3-2-4-6-9;1-3-4-5(6)7-2/h2-8H,1H3,(H,11,12);3-4H2,1-2H3. The van der Waals surface area contributed by atoms with Crippen LogP contribution in [0.2, 0.25) is 0 Å². The molecule has 0 heterocycles. The molecule has 19 heavy (non-hydrogen) atoms. The van der Waals surface area contributed by atoms with Crippen LogP contribution in [0.4, 0.5) is 0 Å². The highest BCUT2D eigenvalue weighted by Crippen LogP contribution is 1.99. The van der Waals surface area contributed by atoms with Crippen molar-refractivity contribution in [3.8, 4) is 0 Å². The van der Waals surface area contributed by atoms with Crippen LogP contribution in [0.1, 0.15) is 25.3 Å². The van der Waals surface area contributed by atoms with Gasteiger partial charge in [0.2, 0.25) is 5.91 Å². The number of hydrogen-bond donors (Lipinski definition) is 1. The molecule has 0 atom stereocenters. The summed E-state index contributed by atoms with van der Waals surface area (Å²) in [6, 6.07) is 9.70. The summed E-state index contributed by atoms with van der Waals surface area (Å²) in [4.78, 5) is 21.0. The largest absolute Gasteiger partial charge is 0.469 e. The zero-order valence-corrected chi connectivity index (χ0v) is 11.7. The molecule has 0 bridgehead atoms. The van der Waals surface area contributed by atoms with Crippen LogP contribution >= 0.6 is 0 Å². The maximum Gasteiger partial charge on any atom is 0.305 e. The molecule has 0 saturated carbocycles. The Bertz CT molecular complexity index is 399. The van der Waals surface area contributed by atoms with Crippen LogP contribution in [-0.4, -0.2) is 26.0 Å². The van der Waals surface area contributed by atoms with Gasteiger partial charge in [-0.25, -0.2) is 0 Å². The normalized spacial score (nSPS) is 9.42. The van der Waals surface area contributed by atoms with E-state index in [1.165, 1.54) is 13.2 Å². The highest BCUT2D eigenvalue weighted by Gasteiger charge is 1.92. The van der Waals surface area contributed by atoms with Gasteiger partial charge in [-0.15, -0.1) is 0 Å². The lowest BCUT2D eigenvalue weighted by Crippen LogP contribution is -2.13. The van der Waals surface area contributed by atoms with E-state index in [0.29, 0.717) is 6.42 Å². The van der Waals surface area contributed by atoms with Crippen molar-refractivity contribution in [3.63, 3.8) is 0 Å². The molecular formula is C15H21NO3. The van der Waals surface area contributed by atoms with E-state index in [-0.39, 0.29) is 11.9 Å². The van der Waals surface area contributed by atoms with E-state index in [4.69, 9.17) is 0 Å². The van der Waals surface area contributed by atoms with Crippen LogP contribution in [0.15, 0.2) is 36.4 Å². The van der Waals surface area contributed by atoms with Crippen molar-refractivity contribution in [2.75, 3.05) is 14.2 Å². The fourth-order valence-electron chi connectivity index (χ4n) is 1.13. The van der Waals surface area contributed by atoms with E-state index < -0.39 is 0 Å². The maximum atomic E-state index is 10.8. The average molecular weight is 263 g/mol. The molecule has 0 aromatic heterocycles. The van der Waals surface area contributed by atoms with Crippen molar-refractivity contribution < 1.29 is 14.3 Å². The molecular weight excluding hydrogens is 242 g/mol. The molecule has 1 aromatic rings. The Balaban J connectivity index is 0.000000399. The monoisotopic (exact) mass is 263 g/mol. The van der Waals surface area contributed by atoms with Gasteiger partial charge in [0.25, 0.3) is 0 Å². The lowest BCUT2D eigenvalue weighted by atomic mass is 10.2. The molecule has 1 rings (SSSR count). The molecule has 104 valence electrons. The zero-order chi connectivity index (χ0) is 14.5. The van der Waals surface area contributed by atoms with Gasteiger partial charge in [-0.3, -0.25) is 9.59 Å². The minimum absolute atomic E-state index is 0.0844. The van der Waals surface area contributed by atoms with Gasteiger partial charge in [-0.2, -0.15) is 0 Å². The Hall–Kier alpha value is -2.10. The Kier molecular flexibility index (Phi) is 9.80. The van der Waals surface area contributed by atoms with E-state index in [2.05, 4.69) is 10.1 Å². The first-order chi connectivity index (χ1) is 9.13. The number of hydrogen-bond acceptors (Lipinski definition) is 3. The number of nitrogens with one attached hydrogen (secondary N) is 1. The van der Waals surface area contributed by atoms with E-state index in [0.717, 1.165) is 12.0 Å². The van der Waals surface area contributed by atoms with Crippen molar-refractivity contribution in [1.29, 1.82) is 0 Å². The molecule has 0 spiro atoms. The summed E-state index contributed by atoms with van der Waals surface area (Å²) >= 11 is 0. The van der Waals surface area contributed by atoms with Crippen molar-refractivity contribution >= 4 is 18.0 Å². The van der Waals surface area contributed by atoms with Crippen LogP contribution in [0.5, 0.6) is 0 Å². The number of esters is 1. The Morgan fingerprint density at radius 1 is 1.26 bits per heavy atom. The predicted octanol–water partition coefficient (Wildman–Crippen LogP) is 2.41. The average Bonchev–Trinajstić information content (AvgIpc) is 2.46. The van der Waals surface area contributed by atoms with Crippen LogP contribution in [-0.2, 0) is 14.3 Å². The molecule has 0 saturated heterocycles. The minimum Gasteiger partial charge on any atom is -0.469 e. The zero-order valence-electron chi connectivity index (χ0n) is 11.7. The summed E-state index contributed by atoms with van der Waals surface area (Å²) < 4.78 is 4.35. The Labute approximate surface area is 114 Å². The summed E-state index contributed by atoms with van der Waals surface area (Å²) in [7, 11) is 3.01. The summed E-state index contributed by atoms with van der Waals surface area (Å²) in [5.41, 5.74) is 1.03. The molecule has 4 nitrogen and oxygen atoms in total. The van der Waals surface area contributed by atoms with Crippen LogP contribution in [0, 0.1) is 0 Å². The molecule has 1 amide bonds. The number of benzene rings is 1. The van der Waals surface area contributed by atoms with Crippen LogP contribution in [0.25, 0.3) is 6.08 Å². The quantitative estimate of drug-likeness (QED) is 0.670. The molecule has 1 aromatic carbocycles. The molecule has 1 N–H and O–H groups in total. The summed E-state index contributed by atoms with van der Waals surface area (Å²) in [5, 5.41) is 2.51. The van der Waals surface area contributed by atoms with Gasteiger partial charge in [0, 0.05) is 19.5 Å². The topological polar surface area (TPSA) is 55.4 Å². The number of ether oxygens (including phenoxy) is 1. The van der Waals surface area contributed by atoms with Crippen LogP contribution in [0.3, 0.4) is 0 Å². The van der Waals surface area contributed by atoms with Crippen molar-refractivity contribution in [3.05, 3.63) is 42.0 Å². The van der Waals surface area contributed by atoms with E-state index in [9.17, 15) is 9.59 Å². The first-order valence-electron chi connectivity index (χ1n) is 6.15. The molecule has 0 radical (unpaired) electrons. The van der Waals surface area contributed by atoms with E-state index in [1.807, 2.05) is 37.3 Å².